The molecule has 1 spiro atoms. The second-order valence-corrected chi connectivity index (χ2v) is 11.9. The summed E-state index contributed by atoms with van der Waals surface area (Å²) in [6, 6.07) is 13.8. The first-order chi connectivity index (χ1) is 18.0. The van der Waals surface area contributed by atoms with E-state index in [0.29, 0.717) is 38.0 Å². The van der Waals surface area contributed by atoms with Crippen molar-refractivity contribution in [2.75, 3.05) is 6.61 Å². The highest BCUT2D eigenvalue weighted by atomic mass is 32.2. The molecule has 3 aliphatic carbocycles. The van der Waals surface area contributed by atoms with Crippen LogP contribution in [-0.2, 0) is 42.8 Å². The van der Waals surface area contributed by atoms with Crippen LogP contribution in [0.4, 0.5) is 0 Å². The topological polar surface area (TPSA) is 108 Å². The van der Waals surface area contributed by atoms with Gasteiger partial charge in [-0.25, -0.2) is 0 Å². The molecule has 2 saturated carbocycles. The number of hydrogen-bond acceptors (Lipinski definition) is 7. The normalized spacial score (nSPS) is 32.0. The van der Waals surface area contributed by atoms with E-state index in [-0.39, 0.29) is 29.9 Å². The van der Waals surface area contributed by atoms with Gasteiger partial charge in [0.1, 0.15) is 5.60 Å². The first kappa shape index (κ1) is 25.0. The summed E-state index contributed by atoms with van der Waals surface area (Å²) in [5.41, 5.74) is 8.14. The number of ether oxygens (including phenoxy) is 1. The highest BCUT2D eigenvalue weighted by Crippen LogP contribution is 2.68. The Hall–Kier alpha value is -2.26. The molecular weight excluding hydrogens is 490 g/mol. The molecule has 198 valence electrons. The number of carbonyl (C=O) groups excluding carboxylic acids is 1. The number of phenols is 1. The Labute approximate surface area is 220 Å². The number of hydrogen-bond donors (Lipinski definition) is 2. The predicted octanol–water partition coefficient (Wildman–Crippen LogP) is 4.20. The molecule has 6 rings (SSSR count). The van der Waals surface area contributed by atoms with Gasteiger partial charge >= 0.3 is 11.4 Å². The molecule has 3 N–H and O–H groups in total. The molecular formula is C29H35NO6S. The molecule has 1 heterocycles. The van der Waals surface area contributed by atoms with Gasteiger partial charge in [0.2, 0.25) is 0 Å². The Morgan fingerprint density at radius 1 is 1.08 bits per heavy atom. The molecule has 0 radical (unpaired) electrons. The highest BCUT2D eigenvalue weighted by molar-refractivity contribution is 7.75. The van der Waals surface area contributed by atoms with Gasteiger partial charge < -0.3 is 15.6 Å². The first-order valence-electron chi connectivity index (χ1n) is 13.5. The van der Waals surface area contributed by atoms with Crippen molar-refractivity contribution in [1.82, 2.24) is 0 Å². The lowest BCUT2D eigenvalue weighted by Crippen LogP contribution is -2.74. The number of aryl methyl sites for hydroxylation is 1. The van der Waals surface area contributed by atoms with Crippen LogP contribution < -0.4 is 10.5 Å². The third-order valence-electron chi connectivity index (χ3n) is 9.17. The minimum absolute atomic E-state index is 0.000834. The van der Waals surface area contributed by atoms with E-state index in [1.807, 2.05) is 12.1 Å². The van der Waals surface area contributed by atoms with Crippen molar-refractivity contribution in [2.45, 2.75) is 87.4 Å². The molecule has 0 amide bonds. The number of benzene rings is 2. The van der Waals surface area contributed by atoms with Crippen LogP contribution in [0.1, 0.15) is 68.1 Å². The van der Waals surface area contributed by atoms with E-state index in [2.05, 4.69) is 24.3 Å². The van der Waals surface area contributed by atoms with Crippen LogP contribution in [-0.4, -0.2) is 39.5 Å². The summed E-state index contributed by atoms with van der Waals surface area (Å²) in [6.07, 6.45) is 6.91. The highest BCUT2D eigenvalue weighted by Gasteiger charge is 2.75. The maximum atomic E-state index is 13.2. The molecule has 2 aromatic rings. The second kappa shape index (κ2) is 9.80. The van der Waals surface area contributed by atoms with Crippen molar-refractivity contribution in [3.8, 4) is 11.5 Å². The molecule has 8 heteroatoms. The summed E-state index contributed by atoms with van der Waals surface area (Å²) in [4.78, 5) is 13.1. The lowest BCUT2D eigenvalue weighted by molar-refractivity contribution is -0.169. The van der Waals surface area contributed by atoms with Gasteiger partial charge in [0.25, 0.3) is 0 Å². The van der Waals surface area contributed by atoms with Crippen molar-refractivity contribution in [2.24, 2.45) is 11.7 Å². The van der Waals surface area contributed by atoms with Crippen LogP contribution in [0.3, 0.4) is 0 Å². The van der Waals surface area contributed by atoms with Crippen LogP contribution in [0.25, 0.3) is 0 Å². The number of rotatable bonds is 10. The van der Waals surface area contributed by atoms with Crippen LogP contribution >= 0.6 is 0 Å². The Morgan fingerprint density at radius 2 is 1.89 bits per heavy atom. The average molecular weight is 526 g/mol. The maximum absolute atomic E-state index is 13.2. The Balaban J connectivity index is 1.15. The van der Waals surface area contributed by atoms with Gasteiger partial charge in [0.05, 0.1) is 12.0 Å². The number of Topliss-reactive ketones (excluding diaryl/α,β-unsaturated/α-hetero) is 1. The first-order valence-corrected chi connectivity index (χ1v) is 14.5. The van der Waals surface area contributed by atoms with Crippen molar-refractivity contribution < 1.29 is 27.2 Å². The molecule has 7 nitrogen and oxygen atoms in total. The molecule has 4 aliphatic rings. The zero-order valence-electron chi connectivity index (χ0n) is 21.0. The van der Waals surface area contributed by atoms with Crippen LogP contribution in [0.2, 0.25) is 0 Å². The van der Waals surface area contributed by atoms with E-state index < -0.39 is 28.5 Å². The van der Waals surface area contributed by atoms with Gasteiger partial charge in [-0.3, -0.25) is 13.2 Å². The average Bonchev–Trinajstić information content (AvgIpc) is 3.26. The zero-order valence-corrected chi connectivity index (χ0v) is 21.8. The quantitative estimate of drug-likeness (QED) is 0.448. The molecule has 2 bridgehead atoms. The second-order valence-electron chi connectivity index (χ2n) is 11.0. The largest absolute Gasteiger partial charge is 0.504 e. The van der Waals surface area contributed by atoms with E-state index in [1.165, 1.54) is 5.56 Å². The van der Waals surface area contributed by atoms with E-state index in [1.54, 1.807) is 6.07 Å². The molecule has 6 unspecified atom stereocenters. The Morgan fingerprint density at radius 3 is 2.73 bits per heavy atom. The van der Waals surface area contributed by atoms with Gasteiger partial charge in [0, 0.05) is 23.9 Å². The third kappa shape index (κ3) is 3.95. The summed E-state index contributed by atoms with van der Waals surface area (Å²) in [7, 11) is 0. The Bertz CT molecular complexity index is 1200. The van der Waals surface area contributed by atoms with Gasteiger partial charge in [-0.05, 0) is 62.1 Å². The molecule has 2 aromatic carbocycles. The number of aromatic hydroxyl groups is 1. The molecule has 2 fully saturated rings. The number of phenolic OH excluding ortho intramolecular Hbond substituents is 1. The van der Waals surface area contributed by atoms with Crippen LogP contribution in [0.15, 0.2) is 42.5 Å². The van der Waals surface area contributed by atoms with Gasteiger partial charge in [-0.1, -0.05) is 49.2 Å². The van der Waals surface area contributed by atoms with Crippen molar-refractivity contribution in [1.29, 1.82) is 0 Å². The maximum Gasteiger partial charge on any atom is 0.305 e. The van der Waals surface area contributed by atoms with Gasteiger partial charge in [-0.15, -0.1) is 0 Å². The summed E-state index contributed by atoms with van der Waals surface area (Å²) in [6.45, 7) is 0.346. The van der Waals surface area contributed by atoms with Gasteiger partial charge in [0.15, 0.2) is 23.4 Å². The number of carbonyl (C=O) groups is 1. The summed E-state index contributed by atoms with van der Waals surface area (Å²) in [5.74, 6) is 0.289. The number of ketones is 1. The summed E-state index contributed by atoms with van der Waals surface area (Å²) >= 11 is -1.98. The fourth-order valence-electron chi connectivity index (χ4n) is 7.54. The van der Waals surface area contributed by atoms with Gasteiger partial charge in [-0.2, -0.15) is 4.21 Å². The van der Waals surface area contributed by atoms with Crippen LogP contribution in [0, 0.1) is 5.92 Å². The third-order valence-corrected chi connectivity index (χ3v) is 9.96. The monoisotopic (exact) mass is 525 g/mol. The van der Waals surface area contributed by atoms with E-state index in [0.717, 1.165) is 43.2 Å². The zero-order chi connectivity index (χ0) is 25.6. The molecule has 37 heavy (non-hydrogen) atoms. The van der Waals surface area contributed by atoms with Crippen molar-refractivity contribution >= 4 is 17.1 Å². The van der Waals surface area contributed by atoms with E-state index >= 15 is 0 Å². The molecule has 0 aromatic heterocycles. The lowest BCUT2D eigenvalue weighted by atomic mass is 9.45. The number of unbranched alkanes of at least 4 members (excludes halogenated alkanes) is 3. The number of nitrogens with two attached hydrogens (primary N) is 1. The molecule has 0 saturated heterocycles. The minimum Gasteiger partial charge on any atom is -0.504 e. The van der Waals surface area contributed by atoms with E-state index in [9.17, 15) is 14.1 Å². The van der Waals surface area contributed by atoms with Crippen molar-refractivity contribution in [3.63, 3.8) is 0 Å². The lowest BCUT2D eigenvalue weighted by Gasteiger charge is -2.62. The standard InChI is InChI=1S/C29H35NO6S/c30-22-13-15-28-25-20-11-12-23(31)26(25)35-27(28)24(32)14-16-29(28,21(22)18-20)36-37(33)34-17-7-2-1-4-8-19-9-5-3-6-10-19/h3,5-6,9-12,21-22,27,31H,1-2,4,7-8,13-18,30H2. The fraction of sp³-hybridized carbons (Fsp3) is 0.552. The smallest absolute Gasteiger partial charge is 0.305 e. The predicted molar refractivity (Wildman–Crippen MR) is 139 cm³/mol. The Kier molecular flexibility index (Phi) is 6.63. The minimum atomic E-state index is -1.98. The fourth-order valence-corrected chi connectivity index (χ4v) is 8.44. The SMILES string of the molecule is NC1CCC23c4c5ccc(O)c4OC2C(=O)CCC3(OS(=O)OCCCCCCc2ccccc2)C1C5. The summed E-state index contributed by atoms with van der Waals surface area (Å²) in [5, 5.41) is 10.6. The van der Waals surface area contributed by atoms with Crippen LogP contribution in [0.5, 0.6) is 11.5 Å². The molecule has 6 atom stereocenters. The summed E-state index contributed by atoms with van der Waals surface area (Å²) < 4.78 is 31.5. The molecule has 1 aliphatic heterocycles. The van der Waals surface area contributed by atoms with Crippen molar-refractivity contribution in [3.05, 3.63) is 59.2 Å². The van der Waals surface area contributed by atoms with E-state index in [4.69, 9.17) is 18.8 Å².